The Kier molecular flexibility index (Phi) is 34.5. The van der Waals surface area contributed by atoms with Crippen LogP contribution in [0.25, 0.3) is 0 Å². The van der Waals surface area contributed by atoms with E-state index in [2.05, 4.69) is 36.8 Å². The Morgan fingerprint density at radius 3 is 1.13 bits per heavy atom. The molecule has 0 radical (unpaired) electrons. The van der Waals surface area contributed by atoms with Crippen LogP contribution in [0.3, 0.4) is 0 Å². The van der Waals surface area contributed by atoms with E-state index in [1.165, 1.54) is 13.8 Å². The molecule has 0 heterocycles. The van der Waals surface area contributed by atoms with Gasteiger partial charge < -0.3 is 56.3 Å². The van der Waals surface area contributed by atoms with Crippen LogP contribution in [0.2, 0.25) is 0 Å². The molecule has 23 heteroatoms. The van der Waals surface area contributed by atoms with Gasteiger partial charge in [-0.3, -0.25) is 48.4 Å². The number of carbonyl (C=O) groups excluding carboxylic acids is 8. The van der Waals surface area contributed by atoms with Gasteiger partial charge in [-0.2, -0.15) is 11.8 Å². The van der Waals surface area contributed by atoms with E-state index in [4.69, 9.17) is 19.8 Å². The number of amides is 6. The topological polar surface area (TPSA) is 300 Å². The van der Waals surface area contributed by atoms with Gasteiger partial charge >= 0.3 is 17.9 Å². The third-order valence-electron chi connectivity index (χ3n) is 13.3. The number of nitrogens with zero attached hydrogens (tertiary/aromatic N) is 2. The second-order valence-electron chi connectivity index (χ2n) is 21.4. The van der Waals surface area contributed by atoms with Gasteiger partial charge in [-0.25, -0.2) is 4.89 Å². The van der Waals surface area contributed by atoms with Gasteiger partial charge in [0.05, 0.1) is 32.5 Å². The van der Waals surface area contributed by atoms with E-state index < -0.39 is 5.97 Å². The van der Waals surface area contributed by atoms with E-state index in [1.54, 1.807) is 84.6 Å². The first-order valence-electron chi connectivity index (χ1n) is 30.1. The molecule has 0 fully saturated rings. The first-order chi connectivity index (χ1) is 44.1. The molecule has 6 rings (SSSR count). The monoisotopic (exact) mass is 1280 g/mol. The number of unbranched alkanes of at least 4 members (excludes halogenated alkanes) is 1. The standard InChI is InChI=1S/C26H32N2O6.C24H34N4O2S.C19H20N2O6/c1-19(29)27-23-11-5-21(6-12-23)9-15-25(31)33-17-3-4-18-34-26(32)16-10-22-7-13-24(14-8-22)28-20(2)30;1-27(2)21-9-5-19(6-10-21)17-23(29)25-13-15-31-16-14-26-24(30)18-20-7-11-22(12-8-20)28(3)4;22-17(23)11-13-1-5-15(6-2-13)18(24)20-9-10-21-19(25)16-7-3-14(4-8-16)12-27-26/h5-8,11-14H,3-4,9-10,15-18H2,1-2H3,(H,27,29)(H,28,30);5-12H,13-18H2,1-4H3,(H,25,29)(H,26,30);1-8,26H,9-12H2,(H,20,24)(H,21,25)(H,22,23). The Morgan fingerprint density at radius 2 is 0.783 bits per heavy atom. The van der Waals surface area contributed by atoms with Crippen LogP contribution in [-0.4, -0.2) is 143 Å². The molecule has 6 aromatic rings. The molecule has 0 atom stereocenters. The number of aliphatic carboxylic acids is 1. The number of benzene rings is 6. The van der Waals surface area contributed by atoms with E-state index in [9.17, 15) is 43.2 Å². The molecule has 0 aliphatic carbocycles. The third kappa shape index (κ3) is 32.2. The summed E-state index contributed by atoms with van der Waals surface area (Å²) < 4.78 is 10.4. The Bertz CT molecular complexity index is 3110. The summed E-state index contributed by atoms with van der Waals surface area (Å²) in [7, 11) is 7.98. The molecular formula is C69H86N8O14S. The lowest BCUT2D eigenvalue weighted by atomic mass is 10.1. The maximum absolute atomic E-state index is 12.1. The van der Waals surface area contributed by atoms with E-state index >= 15 is 0 Å². The van der Waals surface area contributed by atoms with Gasteiger partial charge in [-0.1, -0.05) is 72.8 Å². The highest BCUT2D eigenvalue weighted by Gasteiger charge is 2.12. The van der Waals surface area contributed by atoms with Gasteiger partial charge in [-0.15, -0.1) is 0 Å². The Morgan fingerprint density at radius 1 is 0.435 bits per heavy atom. The van der Waals surface area contributed by atoms with E-state index in [-0.39, 0.29) is 86.3 Å². The number of carboxylic acid groups (broad SMARTS) is 1. The summed E-state index contributed by atoms with van der Waals surface area (Å²) >= 11 is 1.72. The fraction of sp³-hybridized carbons (Fsp3) is 0.348. The summed E-state index contributed by atoms with van der Waals surface area (Å²) in [6.45, 7) is 5.29. The van der Waals surface area contributed by atoms with Gasteiger partial charge in [-0.05, 0) is 132 Å². The lowest BCUT2D eigenvalue weighted by Crippen LogP contribution is -2.34. The fourth-order valence-electron chi connectivity index (χ4n) is 8.41. The first-order valence-corrected chi connectivity index (χ1v) is 31.2. The average molecular weight is 1280 g/mol. The molecule has 0 aliphatic rings. The number of thioether (sulfide) groups is 1. The van der Waals surface area contributed by atoms with Crippen LogP contribution in [0.4, 0.5) is 22.7 Å². The van der Waals surface area contributed by atoms with Gasteiger partial charge in [0.25, 0.3) is 11.8 Å². The minimum Gasteiger partial charge on any atom is -0.481 e. The van der Waals surface area contributed by atoms with Crippen LogP contribution >= 0.6 is 11.8 Å². The largest absolute Gasteiger partial charge is 0.481 e. The maximum Gasteiger partial charge on any atom is 0.307 e. The van der Waals surface area contributed by atoms with Gasteiger partial charge in [0.15, 0.2) is 0 Å². The van der Waals surface area contributed by atoms with Crippen LogP contribution in [0.15, 0.2) is 146 Å². The van der Waals surface area contributed by atoms with Crippen LogP contribution in [0.5, 0.6) is 0 Å². The zero-order chi connectivity index (χ0) is 67.0. The molecular weight excluding hydrogens is 1200 g/mol. The van der Waals surface area contributed by atoms with Crippen LogP contribution in [0.1, 0.15) is 93.6 Å². The number of carbonyl (C=O) groups is 9. The maximum atomic E-state index is 12.1. The van der Waals surface area contributed by atoms with E-state index in [0.29, 0.717) is 81.5 Å². The molecule has 0 aliphatic heterocycles. The highest BCUT2D eigenvalue weighted by atomic mass is 32.2. The van der Waals surface area contributed by atoms with E-state index in [0.717, 1.165) is 62.1 Å². The lowest BCUT2D eigenvalue weighted by molar-refractivity contribution is -0.253. The normalized spacial score (nSPS) is 10.3. The van der Waals surface area contributed by atoms with Crippen molar-refractivity contribution in [3.8, 4) is 0 Å². The van der Waals surface area contributed by atoms with Crippen molar-refractivity contribution in [2.24, 2.45) is 0 Å². The zero-order valence-corrected chi connectivity index (χ0v) is 54.0. The summed E-state index contributed by atoms with van der Waals surface area (Å²) in [6.07, 6.45) is 3.61. The van der Waals surface area contributed by atoms with Crippen molar-refractivity contribution < 1.29 is 67.9 Å². The van der Waals surface area contributed by atoms with Crippen molar-refractivity contribution in [2.45, 2.75) is 78.2 Å². The quantitative estimate of drug-likeness (QED) is 0.00820. The van der Waals surface area contributed by atoms with Crippen molar-refractivity contribution in [2.75, 3.05) is 99.5 Å². The van der Waals surface area contributed by atoms with Crippen molar-refractivity contribution >= 4 is 87.9 Å². The number of anilines is 4. The molecule has 22 nitrogen and oxygen atoms in total. The third-order valence-corrected chi connectivity index (χ3v) is 14.3. The van der Waals surface area contributed by atoms with Gasteiger partial charge in [0, 0.05) is 126 Å². The predicted molar refractivity (Wildman–Crippen MR) is 358 cm³/mol. The highest BCUT2D eigenvalue weighted by Crippen LogP contribution is 2.16. The SMILES string of the molecule is CC(=O)Nc1ccc(CCC(=O)OCCCCOC(=O)CCc2ccc(NC(C)=O)cc2)cc1.CN(C)c1ccc(CC(=O)NCCSCCNC(=O)Cc2ccc(N(C)C)cc2)cc1.O=C(O)Cc1ccc(C(=O)NCCNC(=O)c2ccc(COO)cc2)cc1. The summed E-state index contributed by atoms with van der Waals surface area (Å²) in [5.41, 5.74) is 9.89. The average Bonchev–Trinajstić information content (AvgIpc) is 2.79. The number of ether oxygens (including phenoxy) is 2. The van der Waals surface area contributed by atoms with Gasteiger partial charge in [0.2, 0.25) is 23.6 Å². The predicted octanol–water partition coefficient (Wildman–Crippen LogP) is 8.07. The molecule has 0 aromatic heterocycles. The molecule has 8 N–H and O–H groups in total. The molecule has 0 saturated heterocycles. The molecule has 0 saturated carbocycles. The minimum absolute atomic E-state index is 0.0341. The summed E-state index contributed by atoms with van der Waals surface area (Å²) in [5.74, 6) is -0.591. The first kappa shape index (κ1) is 74.9. The molecule has 6 amide bonds. The zero-order valence-electron chi connectivity index (χ0n) is 53.2. The molecule has 6 aromatic carbocycles. The summed E-state index contributed by atoms with van der Waals surface area (Å²) in [5, 5.41) is 33.8. The number of rotatable bonds is 34. The van der Waals surface area contributed by atoms with Crippen molar-refractivity contribution in [1.29, 1.82) is 0 Å². The number of esters is 2. The fourth-order valence-corrected chi connectivity index (χ4v) is 9.10. The lowest BCUT2D eigenvalue weighted by Gasteiger charge is -2.12. The van der Waals surface area contributed by atoms with E-state index in [1.807, 2.05) is 111 Å². The molecule has 92 heavy (non-hydrogen) atoms. The number of carboxylic acids is 1. The molecule has 0 unspecified atom stereocenters. The smallest absolute Gasteiger partial charge is 0.307 e. The Hall–Kier alpha value is -9.58. The van der Waals surface area contributed by atoms with Crippen LogP contribution in [-0.2, 0) is 86.6 Å². The van der Waals surface area contributed by atoms with Crippen LogP contribution in [0, 0.1) is 0 Å². The summed E-state index contributed by atoms with van der Waals surface area (Å²) in [6, 6.07) is 43.6. The second-order valence-corrected chi connectivity index (χ2v) is 22.7. The number of hydrogen-bond acceptors (Lipinski definition) is 16. The van der Waals surface area contributed by atoms with Gasteiger partial charge in [0.1, 0.15) is 6.61 Å². The summed E-state index contributed by atoms with van der Waals surface area (Å²) in [4.78, 5) is 113. The molecule has 492 valence electrons. The molecule has 0 bridgehead atoms. The second kappa shape index (κ2) is 42.4. The van der Waals surface area contributed by atoms with Crippen molar-refractivity contribution in [1.82, 2.24) is 21.3 Å². The Balaban J connectivity index is 0.000000296. The highest BCUT2D eigenvalue weighted by molar-refractivity contribution is 7.99. The van der Waals surface area contributed by atoms with Crippen molar-refractivity contribution in [3.05, 3.63) is 190 Å². The number of hydrogen-bond donors (Lipinski definition) is 8. The molecule has 0 spiro atoms. The number of nitrogens with one attached hydrogen (secondary N) is 6. The van der Waals surface area contributed by atoms with Crippen molar-refractivity contribution in [3.63, 3.8) is 0 Å². The Labute approximate surface area is 542 Å². The number of aryl methyl sites for hydroxylation is 2. The van der Waals surface area contributed by atoms with Crippen LogP contribution < -0.4 is 41.7 Å². The minimum atomic E-state index is -0.931.